The van der Waals surface area contributed by atoms with E-state index in [9.17, 15) is 22.4 Å². The third-order valence-corrected chi connectivity index (χ3v) is 1.57. The van der Waals surface area contributed by atoms with Gasteiger partial charge in [-0.25, -0.2) is 13.6 Å². The van der Waals surface area contributed by atoms with Crippen LogP contribution in [0.4, 0.5) is 22.4 Å². The Bertz CT molecular complexity index is 233. The van der Waals surface area contributed by atoms with Crippen molar-refractivity contribution in [3.05, 3.63) is 0 Å². The number of carbonyl (C=O) groups is 1. The Morgan fingerprint density at radius 1 is 1.53 bits per heavy atom. The molecule has 0 aromatic rings. The third-order valence-electron chi connectivity index (χ3n) is 1.57. The van der Waals surface area contributed by atoms with Crippen molar-refractivity contribution < 1.29 is 36.6 Å². The van der Waals surface area contributed by atoms with Crippen molar-refractivity contribution in [3.8, 4) is 0 Å². The average Bonchev–Trinajstić information content (AvgIpc) is 2.51. The van der Waals surface area contributed by atoms with E-state index >= 15 is 0 Å². The fourth-order valence-corrected chi connectivity index (χ4v) is 0.837. The SMILES string of the molecule is O=C1OC[C@H](COCC(F)(F)C(F)F)O1. The van der Waals surface area contributed by atoms with E-state index in [0.29, 0.717) is 0 Å². The molecule has 8 heteroatoms. The van der Waals surface area contributed by atoms with Crippen molar-refractivity contribution in [2.75, 3.05) is 19.8 Å². The van der Waals surface area contributed by atoms with E-state index in [-0.39, 0.29) is 6.61 Å². The van der Waals surface area contributed by atoms with E-state index in [1.165, 1.54) is 0 Å². The predicted molar refractivity (Wildman–Crippen MR) is 38.0 cm³/mol. The van der Waals surface area contributed by atoms with E-state index < -0.39 is 37.8 Å². The van der Waals surface area contributed by atoms with Crippen molar-refractivity contribution in [3.63, 3.8) is 0 Å². The van der Waals surface area contributed by atoms with Gasteiger partial charge in [0.15, 0.2) is 6.10 Å². The Morgan fingerprint density at radius 3 is 2.67 bits per heavy atom. The summed E-state index contributed by atoms with van der Waals surface area (Å²) in [7, 11) is 0. The molecule has 0 radical (unpaired) electrons. The Hall–Kier alpha value is -1.05. The maximum absolute atomic E-state index is 12.3. The van der Waals surface area contributed by atoms with Gasteiger partial charge in [-0.05, 0) is 0 Å². The van der Waals surface area contributed by atoms with E-state index in [1.807, 2.05) is 0 Å². The van der Waals surface area contributed by atoms with Crippen LogP contribution in [-0.4, -0.2) is 44.4 Å². The summed E-state index contributed by atoms with van der Waals surface area (Å²) in [6.07, 6.45) is -5.52. The number of hydrogen-bond donors (Lipinski definition) is 0. The molecule has 0 aromatic carbocycles. The highest BCUT2D eigenvalue weighted by atomic mass is 19.3. The van der Waals surface area contributed by atoms with Crippen LogP contribution in [0.5, 0.6) is 0 Å². The van der Waals surface area contributed by atoms with Crippen LogP contribution in [-0.2, 0) is 14.2 Å². The zero-order valence-electron chi connectivity index (χ0n) is 7.42. The zero-order chi connectivity index (χ0) is 11.5. The molecule has 0 aliphatic carbocycles. The van der Waals surface area contributed by atoms with Crippen LogP contribution in [0.2, 0.25) is 0 Å². The molecule has 0 unspecified atom stereocenters. The molecule has 1 atom stereocenters. The Balaban J connectivity index is 2.19. The lowest BCUT2D eigenvalue weighted by molar-refractivity contribution is -0.169. The van der Waals surface area contributed by atoms with Crippen molar-refractivity contribution in [1.82, 2.24) is 0 Å². The first-order chi connectivity index (χ1) is 6.92. The third kappa shape index (κ3) is 3.54. The normalized spacial score (nSPS) is 21.7. The Labute approximate surface area is 82.1 Å². The zero-order valence-corrected chi connectivity index (χ0v) is 7.42. The summed E-state index contributed by atoms with van der Waals surface area (Å²) in [5.74, 6) is -4.19. The van der Waals surface area contributed by atoms with Crippen LogP contribution in [0.3, 0.4) is 0 Å². The van der Waals surface area contributed by atoms with Crippen LogP contribution in [0.15, 0.2) is 0 Å². The fourth-order valence-electron chi connectivity index (χ4n) is 0.837. The minimum atomic E-state index is -4.19. The van der Waals surface area contributed by atoms with E-state index in [4.69, 9.17) is 0 Å². The summed E-state index contributed by atoms with van der Waals surface area (Å²) in [5, 5.41) is 0. The molecular formula is C7H8F4O4. The van der Waals surface area contributed by atoms with E-state index in [1.54, 1.807) is 0 Å². The number of halogens is 4. The molecule has 0 N–H and O–H groups in total. The van der Waals surface area contributed by atoms with Crippen LogP contribution in [0.25, 0.3) is 0 Å². The summed E-state index contributed by atoms with van der Waals surface area (Å²) in [6, 6.07) is 0. The number of ether oxygens (including phenoxy) is 3. The summed E-state index contributed by atoms with van der Waals surface area (Å²) in [4.78, 5) is 10.4. The first-order valence-electron chi connectivity index (χ1n) is 3.99. The fraction of sp³-hybridized carbons (Fsp3) is 0.857. The molecule has 88 valence electrons. The standard InChI is InChI=1S/C7H8F4O4/c8-5(9)7(10,11)3-13-1-4-2-14-6(12)15-4/h4-5H,1-3H2/t4-/m0/s1. The Morgan fingerprint density at radius 2 is 2.20 bits per heavy atom. The Kier molecular flexibility index (Phi) is 3.72. The molecule has 0 bridgehead atoms. The van der Waals surface area contributed by atoms with Gasteiger partial charge in [-0.2, -0.15) is 8.78 Å². The van der Waals surface area contributed by atoms with Gasteiger partial charge in [0.25, 0.3) is 0 Å². The molecule has 0 amide bonds. The second-order valence-electron chi connectivity index (χ2n) is 2.88. The van der Waals surface area contributed by atoms with Gasteiger partial charge in [0.1, 0.15) is 13.2 Å². The van der Waals surface area contributed by atoms with Crippen molar-refractivity contribution in [2.24, 2.45) is 0 Å². The maximum atomic E-state index is 12.3. The quantitative estimate of drug-likeness (QED) is 0.531. The molecule has 1 aliphatic heterocycles. The van der Waals surface area contributed by atoms with Gasteiger partial charge in [0.2, 0.25) is 0 Å². The molecule has 1 aliphatic rings. The lowest BCUT2D eigenvalue weighted by Crippen LogP contribution is -2.34. The molecule has 1 fully saturated rings. The van der Waals surface area contributed by atoms with Crippen LogP contribution in [0.1, 0.15) is 0 Å². The van der Waals surface area contributed by atoms with Crippen LogP contribution < -0.4 is 0 Å². The maximum Gasteiger partial charge on any atom is 0.508 e. The summed E-state index contributed by atoms with van der Waals surface area (Å²) >= 11 is 0. The molecule has 4 nitrogen and oxygen atoms in total. The van der Waals surface area contributed by atoms with Gasteiger partial charge in [0, 0.05) is 0 Å². The second kappa shape index (κ2) is 4.65. The molecule has 1 saturated heterocycles. The number of rotatable bonds is 5. The molecule has 0 saturated carbocycles. The smallest absolute Gasteiger partial charge is 0.430 e. The largest absolute Gasteiger partial charge is 0.508 e. The van der Waals surface area contributed by atoms with E-state index in [0.717, 1.165) is 0 Å². The molecule has 1 heterocycles. The highest BCUT2D eigenvalue weighted by molar-refractivity contribution is 5.61. The minimum absolute atomic E-state index is 0.126. The van der Waals surface area contributed by atoms with Crippen molar-refractivity contribution in [2.45, 2.75) is 18.5 Å². The van der Waals surface area contributed by atoms with Gasteiger partial charge in [-0.1, -0.05) is 0 Å². The van der Waals surface area contributed by atoms with Crippen molar-refractivity contribution in [1.29, 1.82) is 0 Å². The molecule has 15 heavy (non-hydrogen) atoms. The van der Waals surface area contributed by atoms with Crippen molar-refractivity contribution >= 4 is 6.16 Å². The first-order valence-corrected chi connectivity index (χ1v) is 3.99. The second-order valence-corrected chi connectivity index (χ2v) is 2.88. The first kappa shape index (κ1) is 12.0. The molecule has 1 rings (SSSR count). The van der Waals surface area contributed by atoms with Gasteiger partial charge in [-0.3, -0.25) is 0 Å². The van der Waals surface area contributed by atoms with Gasteiger partial charge in [-0.15, -0.1) is 0 Å². The highest BCUT2D eigenvalue weighted by Crippen LogP contribution is 2.23. The summed E-state index contributed by atoms with van der Waals surface area (Å²) in [5.41, 5.74) is 0. The lowest BCUT2D eigenvalue weighted by Gasteiger charge is -2.15. The molecule has 0 aromatic heterocycles. The minimum Gasteiger partial charge on any atom is -0.430 e. The average molecular weight is 232 g/mol. The number of alkyl halides is 4. The van der Waals surface area contributed by atoms with Gasteiger partial charge in [0.05, 0.1) is 6.61 Å². The number of hydrogen-bond acceptors (Lipinski definition) is 4. The van der Waals surface area contributed by atoms with E-state index in [2.05, 4.69) is 14.2 Å². The monoisotopic (exact) mass is 232 g/mol. The summed E-state index contributed by atoms with van der Waals surface area (Å²) in [6.45, 7) is -1.94. The van der Waals surface area contributed by atoms with Gasteiger partial charge < -0.3 is 14.2 Å². The van der Waals surface area contributed by atoms with Gasteiger partial charge >= 0.3 is 18.5 Å². The molecular weight excluding hydrogens is 224 g/mol. The van der Waals surface area contributed by atoms with Crippen LogP contribution >= 0.6 is 0 Å². The topological polar surface area (TPSA) is 44.8 Å². The predicted octanol–water partition coefficient (Wildman–Crippen LogP) is 1.44. The lowest BCUT2D eigenvalue weighted by atomic mass is 10.3. The number of cyclic esters (lactones) is 2. The summed E-state index contributed by atoms with van der Waals surface area (Å²) < 4.78 is 60.9. The number of carbonyl (C=O) groups excluding carboxylic acids is 1. The molecule has 0 spiro atoms. The highest BCUT2D eigenvalue weighted by Gasteiger charge is 2.41. The van der Waals surface area contributed by atoms with Crippen LogP contribution in [0, 0.1) is 0 Å².